The van der Waals surface area contributed by atoms with Crippen LogP contribution in [0.1, 0.15) is 23.6 Å². The van der Waals surface area contributed by atoms with Gasteiger partial charge in [-0.15, -0.1) is 0 Å². The average Bonchev–Trinajstić information content (AvgIpc) is 2.37. The minimum atomic E-state index is -0.118. The van der Waals surface area contributed by atoms with Crippen molar-refractivity contribution >= 4 is 0 Å². The van der Waals surface area contributed by atoms with Crippen molar-refractivity contribution in [2.75, 3.05) is 0 Å². The Morgan fingerprint density at radius 3 is 2.18 bits per heavy atom. The fourth-order valence-corrected chi connectivity index (χ4v) is 2.00. The molecular formula is C16H17F. The van der Waals surface area contributed by atoms with Crippen LogP contribution in [0.4, 0.5) is 4.39 Å². The molecular weight excluding hydrogens is 211 g/mol. The lowest BCUT2D eigenvalue weighted by Gasteiger charge is -2.05. The molecule has 0 unspecified atom stereocenters. The molecule has 0 radical (unpaired) electrons. The van der Waals surface area contributed by atoms with Gasteiger partial charge in [0.15, 0.2) is 0 Å². The summed E-state index contributed by atoms with van der Waals surface area (Å²) in [7, 11) is 0. The van der Waals surface area contributed by atoms with E-state index in [4.69, 9.17) is 0 Å². The van der Waals surface area contributed by atoms with E-state index in [0.29, 0.717) is 0 Å². The van der Waals surface area contributed by atoms with E-state index in [1.165, 1.54) is 5.56 Å². The summed E-state index contributed by atoms with van der Waals surface area (Å²) in [6, 6.07) is 15.7. The van der Waals surface area contributed by atoms with Crippen molar-refractivity contribution in [2.24, 2.45) is 0 Å². The van der Waals surface area contributed by atoms with Crippen LogP contribution in [-0.2, 0) is 19.3 Å². The van der Waals surface area contributed by atoms with Crippen LogP contribution in [0.3, 0.4) is 0 Å². The zero-order valence-corrected chi connectivity index (χ0v) is 10.1. The van der Waals surface area contributed by atoms with Gasteiger partial charge in [0.1, 0.15) is 5.82 Å². The van der Waals surface area contributed by atoms with Crippen molar-refractivity contribution in [1.29, 1.82) is 0 Å². The van der Waals surface area contributed by atoms with Gasteiger partial charge < -0.3 is 0 Å². The molecule has 0 atom stereocenters. The highest BCUT2D eigenvalue weighted by Crippen LogP contribution is 2.13. The lowest BCUT2D eigenvalue weighted by atomic mass is 10.0. The maximum Gasteiger partial charge on any atom is 0.123 e. The summed E-state index contributed by atoms with van der Waals surface area (Å²) in [4.78, 5) is 0. The summed E-state index contributed by atoms with van der Waals surface area (Å²) >= 11 is 0. The first-order chi connectivity index (χ1) is 8.28. The first-order valence-corrected chi connectivity index (χ1v) is 6.10. The summed E-state index contributed by atoms with van der Waals surface area (Å²) in [6.07, 6.45) is 2.75. The Labute approximate surface area is 102 Å². The van der Waals surface area contributed by atoms with E-state index in [1.807, 2.05) is 18.2 Å². The molecule has 0 aromatic heterocycles. The van der Waals surface area contributed by atoms with Crippen molar-refractivity contribution < 1.29 is 4.39 Å². The molecule has 0 spiro atoms. The molecule has 0 bridgehead atoms. The van der Waals surface area contributed by atoms with Crippen molar-refractivity contribution in [3.8, 4) is 0 Å². The molecule has 2 aromatic rings. The Morgan fingerprint density at radius 1 is 0.824 bits per heavy atom. The smallest absolute Gasteiger partial charge is 0.123 e. The van der Waals surface area contributed by atoms with Crippen LogP contribution in [0.15, 0.2) is 48.5 Å². The molecule has 0 heterocycles. The van der Waals surface area contributed by atoms with E-state index >= 15 is 0 Å². The molecule has 0 aliphatic carbocycles. The quantitative estimate of drug-likeness (QED) is 0.736. The molecule has 0 saturated carbocycles. The largest absolute Gasteiger partial charge is 0.207 e. The monoisotopic (exact) mass is 228 g/mol. The molecule has 0 nitrogen and oxygen atoms in total. The Morgan fingerprint density at radius 2 is 1.47 bits per heavy atom. The number of halogens is 1. The number of benzene rings is 2. The highest BCUT2D eigenvalue weighted by Gasteiger charge is 2.00. The van der Waals surface area contributed by atoms with E-state index < -0.39 is 0 Å². The maximum absolute atomic E-state index is 13.3. The highest BCUT2D eigenvalue weighted by atomic mass is 19.1. The summed E-state index contributed by atoms with van der Waals surface area (Å²) in [5.74, 6) is -0.118. The third kappa shape index (κ3) is 3.42. The molecule has 88 valence electrons. The summed E-state index contributed by atoms with van der Waals surface area (Å²) in [6.45, 7) is 2.05. The fourth-order valence-electron chi connectivity index (χ4n) is 2.00. The Hall–Kier alpha value is -1.63. The van der Waals surface area contributed by atoms with Gasteiger partial charge in [-0.25, -0.2) is 4.39 Å². The van der Waals surface area contributed by atoms with Crippen molar-refractivity contribution in [3.05, 3.63) is 71.0 Å². The first kappa shape index (κ1) is 11.8. The fraction of sp³-hybridized carbons (Fsp3) is 0.250. The van der Waals surface area contributed by atoms with Gasteiger partial charge >= 0.3 is 0 Å². The van der Waals surface area contributed by atoms with E-state index in [2.05, 4.69) is 25.1 Å². The van der Waals surface area contributed by atoms with E-state index in [0.717, 1.165) is 30.4 Å². The first-order valence-electron chi connectivity index (χ1n) is 6.10. The summed E-state index contributed by atoms with van der Waals surface area (Å²) in [5, 5.41) is 0. The molecule has 17 heavy (non-hydrogen) atoms. The van der Waals surface area contributed by atoms with Crippen LogP contribution >= 0.6 is 0 Å². The molecule has 0 saturated heterocycles. The van der Waals surface area contributed by atoms with Crippen LogP contribution in [0.2, 0.25) is 0 Å². The third-order valence-corrected chi connectivity index (χ3v) is 2.97. The number of rotatable bonds is 4. The predicted molar refractivity (Wildman–Crippen MR) is 69.6 cm³/mol. The number of hydrogen-bond donors (Lipinski definition) is 0. The lowest BCUT2D eigenvalue weighted by Crippen LogP contribution is -1.94. The second-order valence-corrected chi connectivity index (χ2v) is 4.31. The SMILES string of the molecule is CCc1cc(F)cc(CCc2ccccc2)c1. The van der Waals surface area contributed by atoms with E-state index in [-0.39, 0.29) is 5.82 Å². The van der Waals surface area contributed by atoms with Crippen molar-refractivity contribution in [2.45, 2.75) is 26.2 Å². The molecule has 0 fully saturated rings. The third-order valence-electron chi connectivity index (χ3n) is 2.97. The normalized spacial score (nSPS) is 10.5. The average molecular weight is 228 g/mol. The highest BCUT2D eigenvalue weighted by molar-refractivity contribution is 5.26. The molecule has 2 rings (SSSR count). The van der Waals surface area contributed by atoms with Crippen LogP contribution in [0.25, 0.3) is 0 Å². The minimum Gasteiger partial charge on any atom is -0.207 e. The zero-order chi connectivity index (χ0) is 12.1. The second kappa shape index (κ2) is 5.62. The van der Waals surface area contributed by atoms with Gasteiger partial charge in [0.25, 0.3) is 0 Å². The number of aryl methyl sites for hydroxylation is 3. The Kier molecular flexibility index (Phi) is 3.92. The molecule has 1 heteroatoms. The molecule has 0 N–H and O–H groups in total. The van der Waals surface area contributed by atoms with Gasteiger partial charge in [0, 0.05) is 0 Å². The molecule has 2 aromatic carbocycles. The summed E-state index contributed by atoms with van der Waals surface area (Å²) in [5.41, 5.74) is 3.47. The number of hydrogen-bond acceptors (Lipinski definition) is 0. The van der Waals surface area contributed by atoms with Crippen molar-refractivity contribution in [3.63, 3.8) is 0 Å². The van der Waals surface area contributed by atoms with Crippen LogP contribution in [-0.4, -0.2) is 0 Å². The molecule has 0 amide bonds. The van der Waals surface area contributed by atoms with Gasteiger partial charge in [-0.3, -0.25) is 0 Å². The van der Waals surface area contributed by atoms with Gasteiger partial charge in [0.2, 0.25) is 0 Å². The maximum atomic E-state index is 13.3. The lowest BCUT2D eigenvalue weighted by molar-refractivity contribution is 0.623. The molecule has 0 aliphatic rings. The molecule has 0 aliphatic heterocycles. The summed E-state index contributed by atoms with van der Waals surface area (Å²) < 4.78 is 13.3. The van der Waals surface area contributed by atoms with Gasteiger partial charge in [-0.1, -0.05) is 43.3 Å². The zero-order valence-electron chi connectivity index (χ0n) is 10.1. The van der Waals surface area contributed by atoms with Crippen molar-refractivity contribution in [1.82, 2.24) is 0 Å². The van der Waals surface area contributed by atoms with Crippen LogP contribution in [0, 0.1) is 5.82 Å². The predicted octanol–water partition coefficient (Wildman–Crippen LogP) is 4.17. The minimum absolute atomic E-state index is 0.118. The standard InChI is InChI=1S/C16H17F/c1-2-13-10-15(12-16(17)11-13)9-8-14-6-4-3-5-7-14/h3-7,10-12H,2,8-9H2,1H3. The second-order valence-electron chi connectivity index (χ2n) is 4.31. The van der Waals surface area contributed by atoms with Crippen LogP contribution < -0.4 is 0 Å². The van der Waals surface area contributed by atoms with Crippen LogP contribution in [0.5, 0.6) is 0 Å². The van der Waals surface area contributed by atoms with E-state index in [1.54, 1.807) is 12.1 Å². The van der Waals surface area contributed by atoms with Gasteiger partial charge in [0.05, 0.1) is 0 Å². The topological polar surface area (TPSA) is 0 Å². The van der Waals surface area contributed by atoms with Gasteiger partial charge in [-0.05, 0) is 48.1 Å². The Balaban J connectivity index is 2.06. The Bertz CT molecular complexity index is 474. The van der Waals surface area contributed by atoms with Gasteiger partial charge in [-0.2, -0.15) is 0 Å². The van der Waals surface area contributed by atoms with E-state index in [9.17, 15) is 4.39 Å².